The number of nitro benzene ring substituents is 1. The molecule has 8 heteroatoms. The van der Waals surface area contributed by atoms with Crippen LogP contribution in [-0.2, 0) is 0 Å². The highest BCUT2D eigenvalue weighted by Gasteiger charge is 2.10. The van der Waals surface area contributed by atoms with E-state index in [1.54, 1.807) is 25.1 Å². The molecule has 0 saturated carbocycles. The predicted molar refractivity (Wildman–Crippen MR) is 125 cm³/mol. The van der Waals surface area contributed by atoms with Crippen molar-refractivity contribution in [3.8, 4) is 0 Å². The Morgan fingerprint density at radius 1 is 0.759 bits per heavy atom. The highest BCUT2D eigenvalue weighted by molar-refractivity contribution is 6.35. The molecule has 4 nitrogen and oxygen atoms in total. The Morgan fingerprint density at radius 2 is 1.31 bits per heavy atom. The van der Waals surface area contributed by atoms with Gasteiger partial charge in [-0.05, 0) is 67.8 Å². The lowest BCUT2D eigenvalue weighted by Gasteiger charge is -1.96. The van der Waals surface area contributed by atoms with E-state index in [0.717, 1.165) is 21.7 Å². The van der Waals surface area contributed by atoms with Gasteiger partial charge in [0.2, 0.25) is 0 Å². The van der Waals surface area contributed by atoms with Crippen molar-refractivity contribution in [3.63, 3.8) is 0 Å². The summed E-state index contributed by atoms with van der Waals surface area (Å²) in [6, 6.07) is 15.7. The number of nitrogen functional groups attached to an aromatic ring is 1. The molecule has 154 valence electrons. The Labute approximate surface area is 190 Å². The van der Waals surface area contributed by atoms with Crippen molar-refractivity contribution in [3.05, 3.63) is 101 Å². The van der Waals surface area contributed by atoms with Crippen LogP contribution in [0.3, 0.4) is 0 Å². The van der Waals surface area contributed by atoms with Gasteiger partial charge in [0.1, 0.15) is 5.02 Å². The number of halogens is 4. The Balaban J connectivity index is 0.000000219. The number of anilines is 1. The topological polar surface area (TPSA) is 69.2 Å². The molecule has 0 aliphatic carbocycles. The highest BCUT2D eigenvalue weighted by atomic mass is 35.5. The average molecular weight is 474 g/mol. The van der Waals surface area contributed by atoms with Gasteiger partial charge in [-0.2, -0.15) is 0 Å². The number of benzene rings is 3. The minimum absolute atomic E-state index is 0.0355. The molecule has 3 aromatic carbocycles. The van der Waals surface area contributed by atoms with Gasteiger partial charge in [-0.1, -0.05) is 64.6 Å². The first-order chi connectivity index (χ1) is 13.5. The van der Waals surface area contributed by atoms with Gasteiger partial charge >= 0.3 is 0 Å². The van der Waals surface area contributed by atoms with Crippen molar-refractivity contribution in [2.24, 2.45) is 0 Å². The number of nitrogens with two attached hydrogens (primary N) is 1. The van der Waals surface area contributed by atoms with Crippen molar-refractivity contribution >= 4 is 57.8 Å². The molecule has 3 rings (SSSR count). The van der Waals surface area contributed by atoms with Crippen LogP contribution in [0.1, 0.15) is 16.7 Å². The number of hydrogen-bond acceptors (Lipinski definition) is 3. The minimum atomic E-state index is -0.491. The number of rotatable bonds is 1. The summed E-state index contributed by atoms with van der Waals surface area (Å²) in [5, 5.41) is 12.5. The van der Waals surface area contributed by atoms with Crippen LogP contribution in [0, 0.1) is 30.9 Å². The first-order valence-electron chi connectivity index (χ1n) is 8.35. The zero-order valence-electron chi connectivity index (χ0n) is 16.0. The molecule has 29 heavy (non-hydrogen) atoms. The van der Waals surface area contributed by atoms with E-state index in [-0.39, 0.29) is 10.7 Å². The van der Waals surface area contributed by atoms with Crippen molar-refractivity contribution in [1.29, 1.82) is 0 Å². The summed E-state index contributed by atoms with van der Waals surface area (Å²) < 4.78 is 0. The number of aryl methyl sites for hydroxylation is 3. The average Bonchev–Trinajstić information content (AvgIpc) is 2.65. The molecule has 0 aliphatic heterocycles. The monoisotopic (exact) mass is 472 g/mol. The molecule has 0 aromatic heterocycles. The van der Waals surface area contributed by atoms with Gasteiger partial charge < -0.3 is 5.73 Å². The first-order valence-corrected chi connectivity index (χ1v) is 9.86. The van der Waals surface area contributed by atoms with Crippen LogP contribution in [0.2, 0.25) is 20.1 Å². The molecule has 0 fully saturated rings. The maximum Gasteiger partial charge on any atom is 0.288 e. The maximum absolute atomic E-state index is 10.3. The summed E-state index contributed by atoms with van der Waals surface area (Å²) in [4.78, 5) is 9.80. The van der Waals surface area contributed by atoms with Crippen molar-refractivity contribution in [2.75, 3.05) is 5.73 Å². The summed E-state index contributed by atoms with van der Waals surface area (Å²) >= 11 is 22.6. The van der Waals surface area contributed by atoms with Crippen LogP contribution < -0.4 is 5.73 Å². The molecule has 0 heterocycles. The summed E-state index contributed by atoms with van der Waals surface area (Å²) in [6.07, 6.45) is 0. The van der Waals surface area contributed by atoms with Gasteiger partial charge in [-0.25, -0.2) is 0 Å². The normalized spacial score (nSPS) is 9.62. The van der Waals surface area contributed by atoms with Gasteiger partial charge in [-0.3, -0.25) is 10.1 Å². The lowest BCUT2D eigenvalue weighted by atomic mass is 10.2. The van der Waals surface area contributed by atoms with Crippen molar-refractivity contribution in [1.82, 2.24) is 0 Å². The zero-order chi connectivity index (χ0) is 22.1. The van der Waals surface area contributed by atoms with E-state index in [1.165, 1.54) is 12.1 Å². The van der Waals surface area contributed by atoms with E-state index < -0.39 is 4.92 Å². The molecule has 2 N–H and O–H groups in total. The van der Waals surface area contributed by atoms with Gasteiger partial charge in [0.15, 0.2) is 0 Å². The van der Waals surface area contributed by atoms with Gasteiger partial charge in [0, 0.05) is 16.1 Å². The first kappa shape index (κ1) is 25.1. The molecule has 0 spiro atoms. The summed E-state index contributed by atoms with van der Waals surface area (Å²) in [5.41, 5.74) is 9.13. The van der Waals surface area contributed by atoms with Crippen LogP contribution in [0.25, 0.3) is 0 Å². The van der Waals surface area contributed by atoms with Crippen LogP contribution in [0.15, 0.2) is 54.6 Å². The third-order valence-electron chi connectivity index (χ3n) is 3.58. The van der Waals surface area contributed by atoms with Crippen molar-refractivity contribution < 1.29 is 4.92 Å². The number of nitrogens with zero attached hydrogens (tertiary/aromatic N) is 1. The predicted octanol–water partition coefficient (Wildman–Crippen LogP) is 8.09. The van der Waals surface area contributed by atoms with E-state index in [4.69, 9.17) is 52.1 Å². The number of hydrogen-bond donors (Lipinski definition) is 1. The summed E-state index contributed by atoms with van der Waals surface area (Å²) in [7, 11) is 0. The highest BCUT2D eigenvalue weighted by Crippen LogP contribution is 2.24. The lowest BCUT2D eigenvalue weighted by molar-refractivity contribution is -0.384. The second-order valence-corrected chi connectivity index (χ2v) is 7.79. The summed E-state index contributed by atoms with van der Waals surface area (Å²) in [5.74, 6) is 0. The molecule has 0 unspecified atom stereocenters. The zero-order valence-corrected chi connectivity index (χ0v) is 19.1. The fraction of sp³-hybridized carbons (Fsp3) is 0.143. The number of nitro groups is 1. The Morgan fingerprint density at radius 3 is 1.72 bits per heavy atom. The molecular formula is C21H20Cl4N2O2. The van der Waals surface area contributed by atoms with Crippen LogP contribution in [0.4, 0.5) is 11.4 Å². The third-order valence-corrected chi connectivity index (χ3v) is 4.89. The van der Waals surface area contributed by atoms with E-state index in [1.807, 2.05) is 38.1 Å². The molecule has 0 amide bonds. The van der Waals surface area contributed by atoms with E-state index in [0.29, 0.717) is 15.7 Å². The third kappa shape index (κ3) is 8.92. The van der Waals surface area contributed by atoms with E-state index in [9.17, 15) is 10.1 Å². The molecule has 0 radical (unpaired) electrons. The summed E-state index contributed by atoms with van der Waals surface area (Å²) in [6.45, 7) is 5.70. The Hall–Kier alpha value is -1.98. The fourth-order valence-corrected chi connectivity index (χ4v) is 2.71. The lowest BCUT2D eigenvalue weighted by Crippen LogP contribution is -1.89. The standard InChI is InChI=1S/C7H6Cl2.C7H6ClNO2.C7H8ClN/c1-5-2-3-6(8)4-7(5)9;1-5-2-3-6(8)7(4-5)9(10)11;1-5-2-3-6(8)7(9)4-5/h2-4H,1H3;2-4H,1H3;2-4H,9H2,1H3. The maximum atomic E-state index is 10.3. The van der Waals surface area contributed by atoms with Crippen LogP contribution in [-0.4, -0.2) is 4.92 Å². The Bertz CT molecular complexity index is 945. The molecular weight excluding hydrogens is 454 g/mol. The second-order valence-electron chi connectivity index (χ2n) is 6.13. The van der Waals surface area contributed by atoms with Crippen LogP contribution in [0.5, 0.6) is 0 Å². The van der Waals surface area contributed by atoms with E-state index in [2.05, 4.69) is 0 Å². The molecule has 0 bridgehead atoms. The van der Waals surface area contributed by atoms with E-state index >= 15 is 0 Å². The van der Waals surface area contributed by atoms with Gasteiger partial charge in [0.25, 0.3) is 5.69 Å². The molecule has 0 saturated heterocycles. The quantitative estimate of drug-likeness (QED) is 0.220. The van der Waals surface area contributed by atoms with Crippen molar-refractivity contribution in [2.45, 2.75) is 20.8 Å². The minimum Gasteiger partial charge on any atom is -0.398 e. The van der Waals surface area contributed by atoms with Gasteiger partial charge in [-0.15, -0.1) is 0 Å². The smallest absolute Gasteiger partial charge is 0.288 e. The molecule has 0 aliphatic rings. The fourth-order valence-electron chi connectivity index (χ4n) is 1.99. The Kier molecular flexibility index (Phi) is 10.3. The van der Waals surface area contributed by atoms with Crippen LogP contribution >= 0.6 is 46.4 Å². The SMILES string of the molecule is Cc1ccc(Cl)c(N)c1.Cc1ccc(Cl)c([N+](=O)[O-])c1.Cc1ccc(Cl)cc1Cl. The molecule has 0 atom stereocenters. The second kappa shape index (κ2) is 11.9. The molecule has 3 aromatic rings. The largest absolute Gasteiger partial charge is 0.398 e. The van der Waals surface area contributed by atoms with Gasteiger partial charge in [0.05, 0.1) is 15.6 Å².